The highest BCUT2D eigenvalue weighted by atomic mass is 35.5. The molecule has 11 nitrogen and oxygen atoms in total. The molecule has 2 heterocycles. The van der Waals surface area contributed by atoms with Crippen LogP contribution >= 0.6 is 11.6 Å². The quantitative estimate of drug-likeness (QED) is 0.265. The second kappa shape index (κ2) is 7.04. The number of piperazine rings is 1. The van der Waals surface area contributed by atoms with Gasteiger partial charge in [-0.15, -0.1) is 0 Å². The third kappa shape index (κ3) is 3.20. The van der Waals surface area contributed by atoms with Crippen molar-refractivity contribution in [2.24, 2.45) is 5.16 Å². The van der Waals surface area contributed by atoms with Crippen molar-refractivity contribution in [3.8, 4) is 0 Å². The Morgan fingerprint density at radius 1 is 1.50 bits per heavy atom. The number of rotatable bonds is 3. The van der Waals surface area contributed by atoms with E-state index in [4.69, 9.17) is 17.3 Å². The van der Waals surface area contributed by atoms with Gasteiger partial charge >= 0.3 is 0 Å². The van der Waals surface area contributed by atoms with Crippen molar-refractivity contribution in [3.05, 3.63) is 39.0 Å². The molecule has 1 aromatic carbocycles. The van der Waals surface area contributed by atoms with E-state index in [9.17, 15) is 15.3 Å². The zero-order valence-electron chi connectivity index (χ0n) is 13.7. The Morgan fingerprint density at radius 2 is 2.27 bits per heavy atom. The van der Waals surface area contributed by atoms with Crippen LogP contribution in [0.5, 0.6) is 0 Å². The fraction of sp³-hybridized carbons (Fsp3) is 0.357. The Labute approximate surface area is 152 Å². The monoisotopic (exact) mass is 381 g/mol. The number of benzene rings is 1. The normalized spacial score (nSPS) is 18.2. The summed E-state index contributed by atoms with van der Waals surface area (Å²) in [5.74, 6) is 0.155. The summed E-state index contributed by atoms with van der Waals surface area (Å²) in [6.45, 7) is 3.22. The third-order valence-corrected chi connectivity index (χ3v) is 4.43. The number of hydrogen-bond acceptors (Lipinski definition) is 9. The van der Waals surface area contributed by atoms with Crippen LogP contribution in [-0.2, 0) is 0 Å². The molecule has 1 aromatic heterocycles. The van der Waals surface area contributed by atoms with Gasteiger partial charge in [0.25, 0.3) is 5.69 Å². The minimum atomic E-state index is -0.458. The molecule has 12 heteroatoms. The largest absolute Gasteiger partial charge is 0.409 e. The van der Waals surface area contributed by atoms with E-state index in [0.29, 0.717) is 30.3 Å². The van der Waals surface area contributed by atoms with E-state index in [2.05, 4.69) is 20.1 Å². The molecule has 1 atom stereocenters. The molecule has 0 radical (unpaired) electrons. The summed E-state index contributed by atoms with van der Waals surface area (Å²) < 4.78 is 4.56. The molecule has 0 amide bonds. The molecule has 138 valence electrons. The van der Waals surface area contributed by atoms with Crippen LogP contribution in [0.25, 0.3) is 0 Å². The number of nitrogens with zero attached hydrogens (tertiary/aromatic N) is 6. The van der Waals surface area contributed by atoms with Crippen molar-refractivity contribution in [2.45, 2.75) is 13.0 Å². The fourth-order valence-electron chi connectivity index (χ4n) is 2.99. The van der Waals surface area contributed by atoms with Crippen LogP contribution in [0, 0.1) is 10.1 Å². The second-order valence-corrected chi connectivity index (χ2v) is 6.24. The molecule has 1 fully saturated rings. The summed E-state index contributed by atoms with van der Waals surface area (Å²) in [5.41, 5.74) is 6.24. The highest BCUT2D eigenvalue weighted by Gasteiger charge is 2.32. The predicted molar refractivity (Wildman–Crippen MR) is 93.5 cm³/mol. The van der Waals surface area contributed by atoms with Crippen molar-refractivity contribution in [1.82, 2.24) is 15.2 Å². The molecule has 2 aromatic rings. The highest BCUT2D eigenvalue weighted by Crippen LogP contribution is 2.32. The van der Waals surface area contributed by atoms with Gasteiger partial charge in [-0.2, -0.15) is 0 Å². The molecule has 26 heavy (non-hydrogen) atoms. The van der Waals surface area contributed by atoms with Gasteiger partial charge in [0.1, 0.15) is 5.69 Å². The fourth-order valence-corrected chi connectivity index (χ4v) is 3.16. The molecule has 1 saturated heterocycles. The Kier molecular flexibility index (Phi) is 4.80. The number of anilines is 2. The summed E-state index contributed by atoms with van der Waals surface area (Å²) >= 11 is 5.88. The van der Waals surface area contributed by atoms with Gasteiger partial charge < -0.3 is 20.7 Å². The molecule has 3 rings (SSSR count). The number of nitrogens with two attached hydrogens (primary N) is 1. The van der Waals surface area contributed by atoms with Crippen LogP contribution in [0.3, 0.4) is 0 Å². The molecule has 0 saturated carbocycles. The van der Waals surface area contributed by atoms with E-state index in [1.807, 2.05) is 11.8 Å². The summed E-state index contributed by atoms with van der Waals surface area (Å²) in [6.07, 6.45) is 0. The summed E-state index contributed by atoms with van der Waals surface area (Å²) in [4.78, 5) is 14.5. The Morgan fingerprint density at radius 3 is 2.85 bits per heavy atom. The maximum absolute atomic E-state index is 11.3. The number of nitro groups is 1. The van der Waals surface area contributed by atoms with Gasteiger partial charge in [-0.05, 0) is 29.4 Å². The number of nitro benzene ring substituents is 1. The second-order valence-electron chi connectivity index (χ2n) is 5.80. The molecule has 1 unspecified atom stereocenters. The van der Waals surface area contributed by atoms with Crippen molar-refractivity contribution < 1.29 is 14.8 Å². The molecule has 0 spiro atoms. The number of nitrogen functional groups attached to an aromatic ring is 1. The van der Waals surface area contributed by atoms with Crippen molar-refractivity contribution in [2.75, 3.05) is 30.3 Å². The number of aromatic nitrogens is 2. The summed E-state index contributed by atoms with van der Waals surface area (Å²) in [6, 6.07) is 4.42. The highest BCUT2D eigenvalue weighted by molar-refractivity contribution is 6.30. The SMILES string of the molecule is CC1CN(c2ccc(Cl)cc2[N+](=O)[O-])CCN1/C(=N\O)c1nonc1N. The predicted octanol–water partition coefficient (Wildman–Crippen LogP) is 1.56. The van der Waals surface area contributed by atoms with Crippen molar-refractivity contribution in [1.29, 1.82) is 0 Å². The molecular formula is C14H16ClN7O4. The average Bonchev–Trinajstić information content (AvgIpc) is 3.03. The van der Waals surface area contributed by atoms with Gasteiger partial charge in [0.2, 0.25) is 5.84 Å². The van der Waals surface area contributed by atoms with Gasteiger partial charge in [-0.3, -0.25) is 10.1 Å². The van der Waals surface area contributed by atoms with Crippen LogP contribution in [-0.4, -0.2) is 56.9 Å². The average molecular weight is 382 g/mol. The Balaban J connectivity index is 1.83. The molecule has 1 aliphatic heterocycles. The standard InChI is InChI=1S/C14H16ClN7O4/c1-8-7-20(10-3-2-9(15)6-11(10)22(24)25)4-5-21(8)14(17-23)12-13(16)19-26-18-12/h2-3,6,8,23H,4-5,7H2,1H3,(H2,16,19)/b17-14-. The first-order valence-corrected chi connectivity index (χ1v) is 8.06. The van der Waals surface area contributed by atoms with E-state index >= 15 is 0 Å². The van der Waals surface area contributed by atoms with Gasteiger partial charge in [0.15, 0.2) is 11.5 Å². The lowest BCUT2D eigenvalue weighted by Gasteiger charge is -2.41. The first-order valence-electron chi connectivity index (χ1n) is 7.68. The minimum absolute atomic E-state index is 0.0146. The zero-order chi connectivity index (χ0) is 18.8. The van der Waals surface area contributed by atoms with Crippen LogP contribution < -0.4 is 10.6 Å². The first kappa shape index (κ1) is 17.7. The topological polar surface area (TPSA) is 147 Å². The van der Waals surface area contributed by atoms with E-state index in [-0.39, 0.29) is 29.1 Å². The summed E-state index contributed by atoms with van der Waals surface area (Å²) in [7, 11) is 0. The number of amidine groups is 1. The maximum Gasteiger partial charge on any atom is 0.294 e. The smallest absolute Gasteiger partial charge is 0.294 e. The molecule has 1 aliphatic rings. The van der Waals surface area contributed by atoms with Crippen LogP contribution in [0.15, 0.2) is 28.0 Å². The van der Waals surface area contributed by atoms with Gasteiger partial charge in [0.05, 0.1) is 4.92 Å². The lowest BCUT2D eigenvalue weighted by Crippen LogP contribution is -2.54. The summed E-state index contributed by atoms with van der Waals surface area (Å²) in [5, 5.41) is 31.4. The number of halogens is 1. The van der Waals surface area contributed by atoms with Gasteiger partial charge in [-0.25, -0.2) is 4.63 Å². The maximum atomic E-state index is 11.3. The Bertz CT molecular complexity index is 856. The van der Waals surface area contributed by atoms with Crippen LogP contribution in [0.2, 0.25) is 5.02 Å². The van der Waals surface area contributed by atoms with Crippen LogP contribution in [0.4, 0.5) is 17.2 Å². The third-order valence-electron chi connectivity index (χ3n) is 4.19. The van der Waals surface area contributed by atoms with Crippen molar-refractivity contribution >= 4 is 34.6 Å². The van der Waals surface area contributed by atoms with Crippen LogP contribution in [0.1, 0.15) is 12.6 Å². The first-order chi connectivity index (χ1) is 12.4. The number of hydrogen-bond donors (Lipinski definition) is 2. The number of oxime groups is 1. The van der Waals surface area contributed by atoms with E-state index in [0.717, 1.165) is 0 Å². The van der Waals surface area contributed by atoms with Gasteiger partial charge in [0, 0.05) is 36.8 Å². The lowest BCUT2D eigenvalue weighted by atomic mass is 10.1. The van der Waals surface area contributed by atoms with Crippen molar-refractivity contribution in [3.63, 3.8) is 0 Å². The lowest BCUT2D eigenvalue weighted by molar-refractivity contribution is -0.384. The van der Waals surface area contributed by atoms with E-state index in [1.165, 1.54) is 6.07 Å². The van der Waals surface area contributed by atoms with E-state index in [1.54, 1.807) is 17.0 Å². The zero-order valence-corrected chi connectivity index (χ0v) is 14.5. The molecule has 0 bridgehead atoms. The Hall–Kier alpha value is -3.08. The molecule has 3 N–H and O–H groups in total. The van der Waals surface area contributed by atoms with E-state index < -0.39 is 4.92 Å². The molecular weight excluding hydrogens is 366 g/mol. The minimum Gasteiger partial charge on any atom is -0.409 e. The van der Waals surface area contributed by atoms with Gasteiger partial charge in [-0.1, -0.05) is 16.8 Å². The molecule has 0 aliphatic carbocycles.